The van der Waals surface area contributed by atoms with E-state index in [-0.39, 0.29) is 5.41 Å². The maximum atomic E-state index is 8.94. The highest BCUT2D eigenvalue weighted by molar-refractivity contribution is 5.19. The molecular formula is C17H27N3O. The van der Waals surface area contributed by atoms with Crippen LogP contribution in [-0.2, 0) is 6.54 Å². The van der Waals surface area contributed by atoms with Crippen LogP contribution in [0.15, 0.2) is 18.3 Å². The molecular weight excluding hydrogens is 262 g/mol. The van der Waals surface area contributed by atoms with Crippen molar-refractivity contribution >= 4 is 0 Å². The minimum atomic E-state index is -0.230. The summed E-state index contributed by atoms with van der Waals surface area (Å²) >= 11 is 0. The summed E-state index contributed by atoms with van der Waals surface area (Å²) in [5.41, 5.74) is 0.791. The van der Waals surface area contributed by atoms with E-state index in [1.54, 1.807) is 6.20 Å². The molecule has 0 bridgehead atoms. The number of aromatic nitrogens is 1. The zero-order valence-corrected chi connectivity index (χ0v) is 13.6. The number of ether oxygens (including phenoxy) is 1. The van der Waals surface area contributed by atoms with Crippen LogP contribution in [0, 0.1) is 16.7 Å². The molecule has 0 aromatic carbocycles. The highest BCUT2D eigenvalue weighted by atomic mass is 16.5. The first-order valence-electron chi connectivity index (χ1n) is 7.65. The highest BCUT2D eigenvalue weighted by Crippen LogP contribution is 2.21. The molecule has 1 heterocycles. The summed E-state index contributed by atoms with van der Waals surface area (Å²) < 4.78 is 5.67. The number of nitriles is 1. The van der Waals surface area contributed by atoms with E-state index >= 15 is 0 Å². The SMILES string of the molecule is CC(C)NCc1ccc(OCCCCC(C)(C)C#N)cn1. The summed E-state index contributed by atoms with van der Waals surface area (Å²) in [6, 6.07) is 6.73. The van der Waals surface area contributed by atoms with E-state index in [4.69, 9.17) is 10.00 Å². The Morgan fingerprint density at radius 2 is 2.10 bits per heavy atom. The van der Waals surface area contributed by atoms with Gasteiger partial charge in [-0.25, -0.2) is 0 Å². The van der Waals surface area contributed by atoms with Crippen LogP contribution in [0.4, 0.5) is 0 Å². The number of nitrogens with one attached hydrogen (secondary N) is 1. The maximum absolute atomic E-state index is 8.94. The molecule has 1 aromatic heterocycles. The summed E-state index contributed by atoms with van der Waals surface area (Å²) in [6.07, 6.45) is 4.65. The van der Waals surface area contributed by atoms with Crippen molar-refractivity contribution < 1.29 is 4.74 Å². The Hall–Kier alpha value is -1.60. The molecule has 116 valence electrons. The van der Waals surface area contributed by atoms with E-state index in [1.165, 1.54) is 0 Å². The second kappa shape index (κ2) is 8.63. The van der Waals surface area contributed by atoms with Gasteiger partial charge < -0.3 is 10.1 Å². The van der Waals surface area contributed by atoms with Gasteiger partial charge in [0, 0.05) is 12.6 Å². The number of rotatable bonds is 9. The predicted molar refractivity (Wildman–Crippen MR) is 85.0 cm³/mol. The van der Waals surface area contributed by atoms with Gasteiger partial charge in [-0.15, -0.1) is 0 Å². The van der Waals surface area contributed by atoms with E-state index in [9.17, 15) is 0 Å². The van der Waals surface area contributed by atoms with Crippen molar-refractivity contribution in [2.75, 3.05) is 6.61 Å². The minimum Gasteiger partial charge on any atom is -0.492 e. The molecule has 0 atom stereocenters. The zero-order valence-electron chi connectivity index (χ0n) is 13.6. The lowest BCUT2D eigenvalue weighted by Gasteiger charge is -2.14. The Kier molecular flexibility index (Phi) is 7.18. The number of hydrogen-bond donors (Lipinski definition) is 1. The van der Waals surface area contributed by atoms with Crippen molar-refractivity contribution in [3.8, 4) is 11.8 Å². The average molecular weight is 289 g/mol. The van der Waals surface area contributed by atoms with Crippen molar-refractivity contribution in [1.82, 2.24) is 10.3 Å². The first-order valence-corrected chi connectivity index (χ1v) is 7.65. The molecule has 21 heavy (non-hydrogen) atoms. The Balaban J connectivity index is 2.23. The fourth-order valence-electron chi connectivity index (χ4n) is 1.82. The van der Waals surface area contributed by atoms with Gasteiger partial charge in [-0.1, -0.05) is 13.8 Å². The molecule has 0 saturated carbocycles. The van der Waals surface area contributed by atoms with Gasteiger partial charge in [-0.05, 0) is 45.2 Å². The van der Waals surface area contributed by atoms with Gasteiger partial charge in [-0.3, -0.25) is 4.98 Å². The van der Waals surface area contributed by atoms with Crippen molar-refractivity contribution in [3.05, 3.63) is 24.0 Å². The minimum absolute atomic E-state index is 0.230. The molecule has 0 radical (unpaired) electrons. The third-order valence-corrected chi connectivity index (χ3v) is 3.26. The average Bonchev–Trinajstić information content (AvgIpc) is 2.46. The molecule has 0 aliphatic rings. The summed E-state index contributed by atoms with van der Waals surface area (Å²) in [4.78, 5) is 4.37. The monoisotopic (exact) mass is 289 g/mol. The van der Waals surface area contributed by atoms with E-state index in [0.29, 0.717) is 12.6 Å². The molecule has 4 nitrogen and oxygen atoms in total. The van der Waals surface area contributed by atoms with Gasteiger partial charge in [0.05, 0.1) is 30.0 Å². The lowest BCUT2D eigenvalue weighted by Crippen LogP contribution is -2.22. The largest absolute Gasteiger partial charge is 0.492 e. The molecule has 0 aliphatic carbocycles. The Morgan fingerprint density at radius 3 is 2.67 bits per heavy atom. The van der Waals surface area contributed by atoms with Crippen LogP contribution in [0.1, 0.15) is 52.7 Å². The molecule has 0 fully saturated rings. The smallest absolute Gasteiger partial charge is 0.137 e. The van der Waals surface area contributed by atoms with Gasteiger partial charge >= 0.3 is 0 Å². The van der Waals surface area contributed by atoms with Gasteiger partial charge in [0.25, 0.3) is 0 Å². The quantitative estimate of drug-likeness (QED) is 0.705. The lowest BCUT2D eigenvalue weighted by atomic mass is 9.89. The van der Waals surface area contributed by atoms with Crippen LogP contribution in [0.5, 0.6) is 5.75 Å². The van der Waals surface area contributed by atoms with Gasteiger partial charge in [0.15, 0.2) is 0 Å². The van der Waals surface area contributed by atoms with Crippen molar-refractivity contribution in [1.29, 1.82) is 5.26 Å². The maximum Gasteiger partial charge on any atom is 0.137 e. The molecule has 1 N–H and O–H groups in total. The Labute approximate surface area is 128 Å². The van der Waals surface area contributed by atoms with Crippen LogP contribution in [-0.4, -0.2) is 17.6 Å². The third kappa shape index (κ3) is 7.67. The normalized spacial score (nSPS) is 11.4. The number of unbranched alkanes of at least 4 members (excludes halogenated alkanes) is 1. The summed E-state index contributed by atoms with van der Waals surface area (Å²) in [7, 11) is 0. The predicted octanol–water partition coefficient (Wildman–Crippen LogP) is 3.68. The third-order valence-electron chi connectivity index (χ3n) is 3.26. The zero-order chi connectivity index (χ0) is 15.7. The van der Waals surface area contributed by atoms with Crippen molar-refractivity contribution in [2.24, 2.45) is 5.41 Å². The first-order chi connectivity index (χ1) is 9.93. The highest BCUT2D eigenvalue weighted by Gasteiger charge is 2.15. The number of pyridine rings is 1. The van der Waals surface area contributed by atoms with Crippen LogP contribution in [0.3, 0.4) is 0 Å². The molecule has 1 aromatic rings. The second-order valence-corrected chi connectivity index (χ2v) is 6.32. The molecule has 0 spiro atoms. The van der Waals surface area contributed by atoms with Gasteiger partial charge in [0.2, 0.25) is 0 Å². The topological polar surface area (TPSA) is 57.9 Å². The molecule has 0 amide bonds. The number of hydrogen-bond acceptors (Lipinski definition) is 4. The van der Waals surface area contributed by atoms with E-state index in [1.807, 2.05) is 26.0 Å². The van der Waals surface area contributed by atoms with E-state index in [2.05, 4.69) is 30.2 Å². The summed E-state index contributed by atoms with van der Waals surface area (Å²) in [5, 5.41) is 12.3. The van der Waals surface area contributed by atoms with Crippen molar-refractivity contribution in [3.63, 3.8) is 0 Å². The molecule has 0 aliphatic heterocycles. The van der Waals surface area contributed by atoms with Crippen LogP contribution < -0.4 is 10.1 Å². The lowest BCUT2D eigenvalue weighted by molar-refractivity contribution is 0.294. The molecule has 1 rings (SSSR count). The summed E-state index contributed by atoms with van der Waals surface area (Å²) in [5.74, 6) is 0.808. The Morgan fingerprint density at radius 1 is 1.33 bits per heavy atom. The summed E-state index contributed by atoms with van der Waals surface area (Å²) in [6.45, 7) is 9.63. The van der Waals surface area contributed by atoms with Gasteiger partial charge in [-0.2, -0.15) is 5.26 Å². The molecule has 0 unspecified atom stereocenters. The standard InChI is InChI=1S/C17H27N3O/c1-14(2)19-11-15-7-8-16(12-20-15)21-10-6-5-9-17(3,4)13-18/h7-8,12,14,19H,5-6,9-11H2,1-4H3. The second-order valence-electron chi connectivity index (χ2n) is 6.32. The van der Waals surface area contributed by atoms with Crippen LogP contribution in [0.25, 0.3) is 0 Å². The van der Waals surface area contributed by atoms with Gasteiger partial charge in [0.1, 0.15) is 5.75 Å². The number of nitrogens with zero attached hydrogens (tertiary/aromatic N) is 2. The fraction of sp³-hybridized carbons (Fsp3) is 0.647. The molecule has 4 heteroatoms. The van der Waals surface area contributed by atoms with E-state index < -0.39 is 0 Å². The molecule has 0 saturated heterocycles. The fourth-order valence-corrected chi connectivity index (χ4v) is 1.82. The first kappa shape index (κ1) is 17.5. The van der Waals surface area contributed by atoms with E-state index in [0.717, 1.165) is 37.3 Å². The van der Waals surface area contributed by atoms with Crippen LogP contribution in [0.2, 0.25) is 0 Å². The Bertz CT molecular complexity index is 446. The van der Waals surface area contributed by atoms with Crippen LogP contribution >= 0.6 is 0 Å². The van der Waals surface area contributed by atoms with Crippen molar-refractivity contribution in [2.45, 2.75) is 59.5 Å².